The maximum atomic E-state index is 12.9. The third-order valence-electron chi connectivity index (χ3n) is 3.10. The van der Waals surface area contributed by atoms with E-state index in [9.17, 15) is 4.39 Å². The van der Waals surface area contributed by atoms with Gasteiger partial charge in [-0.05, 0) is 60.7 Å². The van der Waals surface area contributed by atoms with Gasteiger partial charge in [0.05, 0.1) is 5.69 Å². The molecule has 0 fully saturated rings. The Morgan fingerprint density at radius 1 is 0.957 bits per heavy atom. The van der Waals surface area contributed by atoms with Crippen LogP contribution in [0.1, 0.15) is 5.69 Å². The predicted molar refractivity (Wildman–Crippen MR) is 85.9 cm³/mol. The van der Waals surface area contributed by atoms with Crippen LogP contribution in [-0.2, 0) is 0 Å². The van der Waals surface area contributed by atoms with Crippen molar-refractivity contribution >= 4 is 11.6 Å². The quantitative estimate of drug-likeness (QED) is 0.664. The molecule has 0 aliphatic carbocycles. The van der Waals surface area contributed by atoms with Gasteiger partial charge in [-0.15, -0.1) is 0 Å². The summed E-state index contributed by atoms with van der Waals surface area (Å²) in [5.41, 5.74) is 1.69. The highest BCUT2D eigenvalue weighted by Crippen LogP contribution is 2.26. The zero-order chi connectivity index (χ0) is 16.2. The Balaban J connectivity index is 1.83. The van der Waals surface area contributed by atoms with Crippen molar-refractivity contribution in [1.29, 1.82) is 5.26 Å². The van der Waals surface area contributed by atoms with E-state index in [-0.39, 0.29) is 11.5 Å². The van der Waals surface area contributed by atoms with E-state index >= 15 is 0 Å². The summed E-state index contributed by atoms with van der Waals surface area (Å²) < 4.78 is 18.5. The van der Waals surface area contributed by atoms with Crippen molar-refractivity contribution in [1.82, 2.24) is 4.98 Å². The van der Waals surface area contributed by atoms with E-state index in [1.54, 1.807) is 30.3 Å². The molecule has 0 N–H and O–H groups in total. The second-order valence-electron chi connectivity index (χ2n) is 4.75. The van der Waals surface area contributed by atoms with E-state index < -0.39 is 0 Å². The molecule has 0 bridgehead atoms. The SMILES string of the molecule is N#Cc1cc(Cl)cc(-c2ccc(Oc3ccc(F)cc3)cc2)n1. The van der Waals surface area contributed by atoms with Crippen LogP contribution in [0.25, 0.3) is 11.3 Å². The van der Waals surface area contributed by atoms with Gasteiger partial charge in [0.15, 0.2) is 0 Å². The Kier molecular flexibility index (Phi) is 4.22. The minimum Gasteiger partial charge on any atom is -0.457 e. The number of hydrogen-bond donors (Lipinski definition) is 0. The van der Waals surface area contributed by atoms with Gasteiger partial charge in [0.2, 0.25) is 0 Å². The summed E-state index contributed by atoms with van der Waals surface area (Å²) in [5.74, 6) is 0.850. The van der Waals surface area contributed by atoms with Crippen LogP contribution in [0.3, 0.4) is 0 Å². The number of rotatable bonds is 3. The Morgan fingerprint density at radius 2 is 1.57 bits per heavy atom. The molecule has 2 aromatic carbocycles. The average molecular weight is 325 g/mol. The number of nitrogens with zero attached hydrogens (tertiary/aromatic N) is 2. The van der Waals surface area contributed by atoms with Gasteiger partial charge >= 0.3 is 0 Å². The van der Waals surface area contributed by atoms with Crippen LogP contribution in [0.2, 0.25) is 5.02 Å². The lowest BCUT2D eigenvalue weighted by atomic mass is 10.1. The number of aromatic nitrogens is 1. The van der Waals surface area contributed by atoms with Crippen molar-refractivity contribution in [2.24, 2.45) is 0 Å². The van der Waals surface area contributed by atoms with Crippen molar-refractivity contribution in [2.75, 3.05) is 0 Å². The van der Waals surface area contributed by atoms with Gasteiger partial charge < -0.3 is 4.74 Å². The van der Waals surface area contributed by atoms with Crippen LogP contribution < -0.4 is 4.74 Å². The lowest BCUT2D eigenvalue weighted by Crippen LogP contribution is -1.89. The van der Waals surface area contributed by atoms with E-state index in [0.717, 1.165) is 5.56 Å². The molecule has 0 saturated heterocycles. The van der Waals surface area contributed by atoms with E-state index in [4.69, 9.17) is 21.6 Å². The molecule has 0 saturated carbocycles. The molecule has 3 nitrogen and oxygen atoms in total. The first kappa shape index (κ1) is 15.0. The smallest absolute Gasteiger partial charge is 0.142 e. The lowest BCUT2D eigenvalue weighted by molar-refractivity contribution is 0.480. The molecule has 0 unspecified atom stereocenters. The van der Waals surface area contributed by atoms with Gasteiger partial charge in [-0.1, -0.05) is 11.6 Å². The van der Waals surface area contributed by atoms with Gasteiger partial charge in [0, 0.05) is 10.6 Å². The molecular formula is C18H10ClFN2O. The van der Waals surface area contributed by atoms with Crippen molar-refractivity contribution in [3.8, 4) is 28.8 Å². The first-order valence-corrected chi connectivity index (χ1v) is 7.13. The third-order valence-corrected chi connectivity index (χ3v) is 3.32. The first-order chi connectivity index (χ1) is 11.1. The topological polar surface area (TPSA) is 45.9 Å². The highest BCUT2D eigenvalue weighted by molar-refractivity contribution is 6.30. The highest BCUT2D eigenvalue weighted by atomic mass is 35.5. The molecule has 0 radical (unpaired) electrons. The largest absolute Gasteiger partial charge is 0.457 e. The summed E-state index contributed by atoms with van der Waals surface area (Å²) in [6.07, 6.45) is 0. The summed E-state index contributed by atoms with van der Waals surface area (Å²) in [6.45, 7) is 0. The van der Waals surface area contributed by atoms with Crippen molar-refractivity contribution in [3.63, 3.8) is 0 Å². The second-order valence-corrected chi connectivity index (χ2v) is 5.18. The van der Waals surface area contributed by atoms with Crippen molar-refractivity contribution in [2.45, 2.75) is 0 Å². The van der Waals surface area contributed by atoms with Gasteiger partial charge in [0.25, 0.3) is 0 Å². The molecule has 0 atom stereocenters. The van der Waals surface area contributed by atoms with Crippen LogP contribution in [0.15, 0.2) is 60.7 Å². The van der Waals surface area contributed by atoms with Crippen molar-refractivity contribution in [3.05, 3.63) is 77.2 Å². The summed E-state index contributed by atoms with van der Waals surface area (Å²) in [7, 11) is 0. The fourth-order valence-corrected chi connectivity index (χ4v) is 2.24. The predicted octanol–water partition coefficient (Wildman–Crippen LogP) is 5.21. The Morgan fingerprint density at radius 3 is 2.17 bits per heavy atom. The molecule has 112 valence electrons. The summed E-state index contributed by atoms with van der Waals surface area (Å²) in [5, 5.41) is 9.40. The standard InChI is InChI=1S/C18H10ClFN2O/c19-13-9-15(11-21)22-18(10-13)12-1-5-16(6-2-12)23-17-7-3-14(20)4-8-17/h1-10H. The van der Waals surface area contributed by atoms with Crippen LogP contribution in [0, 0.1) is 17.1 Å². The molecule has 1 aromatic heterocycles. The maximum absolute atomic E-state index is 12.9. The molecule has 23 heavy (non-hydrogen) atoms. The first-order valence-electron chi connectivity index (χ1n) is 6.75. The monoisotopic (exact) mass is 324 g/mol. The molecule has 1 heterocycles. The Bertz CT molecular complexity index is 871. The number of ether oxygens (including phenoxy) is 1. The van der Waals surface area contributed by atoms with Gasteiger partial charge in [-0.3, -0.25) is 0 Å². The number of nitriles is 1. The summed E-state index contributed by atoms with van der Waals surface area (Å²) >= 11 is 5.98. The molecule has 3 aromatic rings. The number of hydrogen-bond acceptors (Lipinski definition) is 3. The molecule has 0 spiro atoms. The minimum atomic E-state index is -0.312. The molecule has 5 heteroatoms. The Hall–Kier alpha value is -2.90. The third kappa shape index (κ3) is 3.65. The zero-order valence-electron chi connectivity index (χ0n) is 11.8. The summed E-state index contributed by atoms with van der Waals surface area (Å²) in [6, 6.07) is 18.1. The van der Waals surface area contributed by atoms with Crippen LogP contribution in [0.5, 0.6) is 11.5 Å². The van der Waals surface area contributed by atoms with E-state index in [1.807, 2.05) is 18.2 Å². The van der Waals surface area contributed by atoms with Gasteiger partial charge in [0.1, 0.15) is 29.1 Å². The average Bonchev–Trinajstić information content (AvgIpc) is 2.57. The molecular weight excluding hydrogens is 315 g/mol. The van der Waals surface area contributed by atoms with Gasteiger partial charge in [-0.25, -0.2) is 9.37 Å². The van der Waals surface area contributed by atoms with E-state index in [2.05, 4.69) is 4.98 Å². The number of pyridine rings is 1. The van der Waals surface area contributed by atoms with Crippen LogP contribution >= 0.6 is 11.6 Å². The normalized spacial score (nSPS) is 10.1. The minimum absolute atomic E-state index is 0.263. The van der Waals surface area contributed by atoms with Crippen LogP contribution in [0.4, 0.5) is 4.39 Å². The molecule has 0 amide bonds. The van der Waals surface area contributed by atoms with E-state index in [0.29, 0.717) is 22.2 Å². The summed E-state index contributed by atoms with van der Waals surface area (Å²) in [4.78, 5) is 4.22. The lowest BCUT2D eigenvalue weighted by Gasteiger charge is -2.07. The molecule has 0 aliphatic heterocycles. The molecule has 0 aliphatic rings. The Labute approximate surface area is 137 Å². The zero-order valence-corrected chi connectivity index (χ0v) is 12.6. The fraction of sp³-hybridized carbons (Fsp3) is 0. The molecule has 3 rings (SSSR count). The van der Waals surface area contributed by atoms with Crippen LogP contribution in [-0.4, -0.2) is 4.98 Å². The number of benzene rings is 2. The fourth-order valence-electron chi connectivity index (χ4n) is 2.03. The maximum Gasteiger partial charge on any atom is 0.142 e. The van der Waals surface area contributed by atoms with Gasteiger partial charge in [-0.2, -0.15) is 5.26 Å². The van der Waals surface area contributed by atoms with Crippen molar-refractivity contribution < 1.29 is 9.13 Å². The number of halogens is 2. The second kappa shape index (κ2) is 6.47. The van der Waals surface area contributed by atoms with E-state index in [1.165, 1.54) is 18.2 Å². The highest BCUT2D eigenvalue weighted by Gasteiger charge is 2.05.